The van der Waals surface area contributed by atoms with E-state index < -0.39 is 25.7 Å². The van der Waals surface area contributed by atoms with Crippen LogP contribution in [0.1, 0.15) is 35.2 Å². The fourth-order valence-corrected chi connectivity index (χ4v) is 3.51. The van der Waals surface area contributed by atoms with E-state index in [1.807, 2.05) is 0 Å². The maximum Gasteiger partial charge on any atom is 0.320 e. The van der Waals surface area contributed by atoms with E-state index in [4.69, 9.17) is 9.84 Å². The maximum atomic E-state index is 11.7. The Balaban J connectivity index is 0.000000308. The van der Waals surface area contributed by atoms with Crippen LogP contribution in [0.4, 0.5) is 11.4 Å². The molecular weight excluding hydrogens is 617 g/mol. The number of benzene rings is 2. The van der Waals surface area contributed by atoms with Crippen LogP contribution in [0.25, 0.3) is 0 Å². The average Bonchev–Trinajstić information content (AvgIpc) is 3.21. The molecule has 0 aromatic heterocycles. The van der Waals surface area contributed by atoms with Gasteiger partial charge in [0.15, 0.2) is 0 Å². The summed E-state index contributed by atoms with van der Waals surface area (Å²) in [5, 5.41) is 29.5. The van der Waals surface area contributed by atoms with Crippen molar-refractivity contribution in [3.05, 3.63) is 86.5 Å². The second kappa shape index (κ2) is 14.5. The molecule has 0 saturated heterocycles. The van der Waals surface area contributed by atoms with Crippen LogP contribution in [-0.4, -0.2) is 50.2 Å². The molecule has 1 aliphatic rings. The summed E-state index contributed by atoms with van der Waals surface area (Å²) in [5.41, 5.74) is 0.432. The van der Waals surface area contributed by atoms with Crippen molar-refractivity contribution in [2.75, 3.05) is 6.54 Å². The third kappa shape index (κ3) is 9.34. The topological polar surface area (TPSA) is 187 Å². The number of carboxylic acids is 1. The quantitative estimate of drug-likeness (QED) is 0.0547. The van der Waals surface area contributed by atoms with Crippen molar-refractivity contribution in [2.45, 2.75) is 29.6 Å². The molecular formula is C24H22IN3O10. The van der Waals surface area contributed by atoms with Crippen molar-refractivity contribution < 1.29 is 38.9 Å². The van der Waals surface area contributed by atoms with E-state index >= 15 is 0 Å². The Bertz CT molecular complexity index is 1210. The molecule has 2 amide bonds. The summed E-state index contributed by atoms with van der Waals surface area (Å²) in [4.78, 5) is 65.8. The number of hydrogen-bond donors (Lipinski definition) is 1. The molecule has 0 aliphatic carbocycles. The number of ether oxygens (including phenoxy) is 1. The number of esters is 1. The van der Waals surface area contributed by atoms with Gasteiger partial charge < -0.3 is 9.84 Å². The molecule has 1 N–H and O–H groups in total. The Kier molecular flexibility index (Phi) is 11.5. The average molecular weight is 639 g/mol. The fourth-order valence-electron chi connectivity index (χ4n) is 3.09. The first kappa shape index (κ1) is 30.0. The number of carboxylic acid groups (broad SMARTS) is 1. The van der Waals surface area contributed by atoms with Crippen LogP contribution in [-0.2, 0) is 19.2 Å². The Hall–Kier alpha value is -4.21. The number of nitrogens with zero attached hydrogens (tertiary/aromatic N) is 3. The largest absolute Gasteiger partial charge is 0.480 e. The van der Waals surface area contributed by atoms with E-state index in [0.717, 1.165) is 4.90 Å². The van der Waals surface area contributed by atoms with Gasteiger partial charge in [0.05, 0.1) is 9.85 Å². The number of imide groups is 1. The van der Waals surface area contributed by atoms with E-state index in [2.05, 4.69) is 0 Å². The molecule has 14 heteroatoms. The van der Waals surface area contributed by atoms with Gasteiger partial charge in [-0.3, -0.25) is 44.3 Å². The lowest BCUT2D eigenvalue weighted by Crippen LogP contribution is -2.30. The summed E-state index contributed by atoms with van der Waals surface area (Å²) in [5.74, 6) is -1.75. The predicted octanol–water partition coefficient (Wildman–Crippen LogP) is 4.14. The molecule has 2 aromatic carbocycles. The van der Waals surface area contributed by atoms with Crippen molar-refractivity contribution in [3.8, 4) is 5.75 Å². The highest BCUT2D eigenvalue weighted by atomic mass is 127. The van der Waals surface area contributed by atoms with Gasteiger partial charge >= 0.3 is 11.9 Å². The number of carbonyl (C=O) groups is 4. The summed E-state index contributed by atoms with van der Waals surface area (Å²) >= 11 is 1.76. The summed E-state index contributed by atoms with van der Waals surface area (Å²) in [6, 6.07) is 10.8. The second-order valence-electron chi connectivity index (χ2n) is 7.75. The minimum absolute atomic E-state index is 0.0391. The molecule has 0 saturated carbocycles. The summed E-state index contributed by atoms with van der Waals surface area (Å²) < 4.78 is 4.40. The minimum atomic E-state index is -0.959. The summed E-state index contributed by atoms with van der Waals surface area (Å²) in [6.45, 7) is 0.335. The van der Waals surface area contributed by atoms with Crippen LogP contribution in [0.15, 0.2) is 60.7 Å². The molecule has 1 heterocycles. The van der Waals surface area contributed by atoms with Crippen LogP contribution in [0, 0.1) is 20.2 Å². The van der Waals surface area contributed by atoms with E-state index in [9.17, 15) is 39.4 Å². The Morgan fingerprint density at radius 2 is 1.37 bits per heavy atom. The summed E-state index contributed by atoms with van der Waals surface area (Å²) in [7, 11) is 0. The van der Waals surface area contributed by atoms with Crippen LogP contribution in [0.3, 0.4) is 0 Å². The summed E-state index contributed by atoms with van der Waals surface area (Å²) in [6.07, 6.45) is 4.52. The molecule has 1 unspecified atom stereocenters. The number of non-ortho nitro benzene ring substituents is 2. The van der Waals surface area contributed by atoms with Gasteiger partial charge in [-0.25, -0.2) is 0 Å². The zero-order valence-electron chi connectivity index (χ0n) is 19.7. The SMILES string of the molecule is O=C(CCCCCN1C(=O)C=CC1=O)Oc1ccc([N+](=O)[O-])cc1.O=C(O)C(I)c1ccc([N+](=O)[O-])cc1. The monoisotopic (exact) mass is 639 g/mol. The Labute approximate surface area is 229 Å². The highest BCUT2D eigenvalue weighted by Crippen LogP contribution is 2.25. The van der Waals surface area contributed by atoms with E-state index in [0.29, 0.717) is 31.4 Å². The van der Waals surface area contributed by atoms with Gasteiger partial charge in [0, 0.05) is 49.4 Å². The van der Waals surface area contributed by atoms with Crippen LogP contribution in [0.5, 0.6) is 5.75 Å². The van der Waals surface area contributed by atoms with Crippen molar-refractivity contribution in [2.24, 2.45) is 0 Å². The van der Waals surface area contributed by atoms with Crippen LogP contribution < -0.4 is 4.74 Å². The third-order valence-corrected chi connectivity index (χ3v) is 6.31. The van der Waals surface area contributed by atoms with Crippen molar-refractivity contribution in [1.29, 1.82) is 0 Å². The van der Waals surface area contributed by atoms with Crippen molar-refractivity contribution in [3.63, 3.8) is 0 Å². The highest BCUT2D eigenvalue weighted by molar-refractivity contribution is 14.1. The number of alkyl halides is 1. The lowest BCUT2D eigenvalue weighted by molar-refractivity contribution is -0.385. The maximum absolute atomic E-state index is 11.7. The second-order valence-corrected chi connectivity index (χ2v) is 8.99. The molecule has 0 bridgehead atoms. The zero-order chi connectivity index (χ0) is 28.2. The van der Waals surface area contributed by atoms with Gasteiger partial charge in [-0.1, -0.05) is 41.1 Å². The minimum Gasteiger partial charge on any atom is -0.480 e. The number of rotatable bonds is 11. The normalized spacial score (nSPS) is 12.9. The van der Waals surface area contributed by atoms with E-state index in [-0.39, 0.29) is 35.4 Å². The number of nitro groups is 2. The number of aliphatic carboxylic acids is 1. The number of carbonyl (C=O) groups excluding carboxylic acids is 3. The lowest BCUT2D eigenvalue weighted by atomic mass is 10.1. The van der Waals surface area contributed by atoms with Gasteiger partial charge in [-0.15, -0.1) is 0 Å². The van der Waals surface area contributed by atoms with E-state index in [1.54, 1.807) is 22.6 Å². The molecule has 0 radical (unpaired) electrons. The first-order valence-electron chi connectivity index (χ1n) is 11.1. The van der Waals surface area contributed by atoms with E-state index in [1.165, 1.54) is 60.7 Å². The number of unbranched alkanes of at least 4 members (excludes halogenated alkanes) is 2. The molecule has 2 aromatic rings. The fraction of sp³-hybridized carbons (Fsp3) is 0.250. The standard InChI is InChI=1S/C16H16N2O6.C8H6INO4/c19-14-9-10-15(20)17(14)11-3-1-2-4-16(21)24-13-7-5-12(6-8-13)18(22)23;9-7(8(11)12)5-1-3-6(4-2-5)10(13)14/h5-10H,1-4,11H2;1-4,7H,(H,11,12). The van der Waals surface area contributed by atoms with Crippen LogP contribution >= 0.6 is 22.6 Å². The smallest absolute Gasteiger partial charge is 0.320 e. The molecule has 38 heavy (non-hydrogen) atoms. The first-order valence-corrected chi connectivity index (χ1v) is 12.3. The number of amides is 2. The van der Waals surface area contributed by atoms with Gasteiger partial charge in [0.2, 0.25) is 0 Å². The van der Waals surface area contributed by atoms with Gasteiger partial charge in [0.25, 0.3) is 23.2 Å². The third-order valence-electron chi connectivity index (χ3n) is 5.06. The predicted molar refractivity (Wildman–Crippen MR) is 141 cm³/mol. The molecule has 13 nitrogen and oxygen atoms in total. The lowest BCUT2D eigenvalue weighted by Gasteiger charge is -2.12. The van der Waals surface area contributed by atoms with Gasteiger partial charge in [-0.05, 0) is 30.5 Å². The molecule has 3 rings (SSSR count). The first-order chi connectivity index (χ1) is 18.0. The van der Waals surface area contributed by atoms with Crippen molar-refractivity contribution in [1.82, 2.24) is 4.90 Å². The number of halogens is 1. The van der Waals surface area contributed by atoms with Gasteiger partial charge in [-0.2, -0.15) is 0 Å². The molecule has 1 atom stereocenters. The molecule has 200 valence electrons. The molecule has 0 fully saturated rings. The number of hydrogen-bond acceptors (Lipinski definition) is 9. The van der Waals surface area contributed by atoms with Crippen LogP contribution in [0.2, 0.25) is 0 Å². The Morgan fingerprint density at radius 1 is 0.868 bits per heavy atom. The molecule has 1 aliphatic heterocycles. The number of nitro benzene ring substituents is 2. The zero-order valence-corrected chi connectivity index (χ0v) is 21.9. The highest BCUT2D eigenvalue weighted by Gasteiger charge is 2.22. The Morgan fingerprint density at radius 3 is 1.84 bits per heavy atom. The van der Waals surface area contributed by atoms with Gasteiger partial charge in [0.1, 0.15) is 9.67 Å². The molecule has 0 spiro atoms. The van der Waals surface area contributed by atoms with Crippen molar-refractivity contribution >= 4 is 57.7 Å².